The third kappa shape index (κ3) is 17.9. The number of aliphatic hydroxyl groups is 1. The van der Waals surface area contributed by atoms with Crippen LogP contribution in [0.5, 0.6) is 0 Å². The normalized spacial score (nSPS) is 8.89. The zero-order valence-corrected chi connectivity index (χ0v) is 8.39. The van der Waals surface area contributed by atoms with Crippen LogP contribution in [0.15, 0.2) is 11.8 Å². The van der Waals surface area contributed by atoms with E-state index >= 15 is 0 Å². The van der Waals surface area contributed by atoms with Gasteiger partial charge in [-0.15, -0.1) is 12.4 Å². The maximum atomic E-state index is 10.0. The van der Waals surface area contributed by atoms with Crippen molar-refractivity contribution in [1.82, 2.24) is 0 Å². The summed E-state index contributed by atoms with van der Waals surface area (Å²) < 4.78 is 0. The van der Waals surface area contributed by atoms with E-state index in [1.165, 1.54) is 19.9 Å². The van der Waals surface area contributed by atoms with Gasteiger partial charge in [-0.25, -0.2) is 0 Å². The Bertz CT molecular complexity index is 108. The number of carbonyl (C=O) groups excluding carboxylic acids is 1. The van der Waals surface area contributed by atoms with Crippen LogP contribution >= 0.6 is 12.4 Å². The number of hydrogen-bond acceptors (Lipinski definition) is 2. The Morgan fingerprint density at radius 3 is 1.78 bits per heavy atom. The van der Waals surface area contributed by atoms with Gasteiger partial charge in [-0.2, -0.15) is 0 Å². The molecule has 57 valence electrons. The second-order valence-electron chi connectivity index (χ2n) is 1.40. The van der Waals surface area contributed by atoms with Crippen LogP contribution in [-0.4, -0.2) is 10.9 Å². The molecule has 0 aromatic heterocycles. The molecule has 9 heavy (non-hydrogen) atoms. The molecule has 0 atom stereocenters. The number of allylic oxidation sites excluding steroid dienone is 2. The molecule has 1 N–H and O–H groups in total. The quantitative estimate of drug-likeness (QED) is 0.584. The van der Waals surface area contributed by atoms with Gasteiger partial charge in [0.2, 0.25) is 0 Å². The molecule has 0 saturated heterocycles. The van der Waals surface area contributed by atoms with Crippen molar-refractivity contribution in [2.75, 3.05) is 0 Å². The summed E-state index contributed by atoms with van der Waals surface area (Å²) >= 11 is 0. The molecule has 0 aliphatic heterocycles. The zero-order chi connectivity index (χ0) is 5.86. The second kappa shape index (κ2) is 8.15. The Kier molecular flexibility index (Phi) is 14.5. The Morgan fingerprint density at radius 2 is 1.78 bits per heavy atom. The topological polar surface area (TPSA) is 37.3 Å². The van der Waals surface area contributed by atoms with Crippen LogP contribution in [0.1, 0.15) is 13.8 Å². The summed E-state index contributed by atoms with van der Waals surface area (Å²) in [5.74, 6) is -0.0625. The van der Waals surface area contributed by atoms with Gasteiger partial charge in [0.05, 0.1) is 5.76 Å². The molecular weight excluding hydrogens is 320 g/mol. The predicted molar refractivity (Wildman–Crippen MR) is 34.3 cm³/mol. The molecule has 0 amide bonds. The van der Waals surface area contributed by atoms with Gasteiger partial charge >= 0.3 is 0 Å². The van der Waals surface area contributed by atoms with E-state index in [9.17, 15) is 4.79 Å². The Labute approximate surface area is 74.1 Å². The summed E-state index contributed by atoms with van der Waals surface area (Å²) in [7, 11) is 0. The molecule has 0 aliphatic rings. The standard InChI is InChI=1S/C5H8O2.ClH.Ir/c1-4(6)3-5(2)7;;/h3,6H,1-2H3;1H;/b4-3-;;. The Morgan fingerprint density at radius 1 is 1.44 bits per heavy atom. The zero-order valence-electron chi connectivity index (χ0n) is 5.17. The maximum Gasteiger partial charge on any atom is 0.155 e. The average molecular weight is 329 g/mol. The van der Waals surface area contributed by atoms with Gasteiger partial charge in [0.15, 0.2) is 5.78 Å². The molecule has 0 bridgehead atoms. The van der Waals surface area contributed by atoms with Gasteiger partial charge < -0.3 is 5.11 Å². The van der Waals surface area contributed by atoms with E-state index in [-0.39, 0.29) is 44.1 Å². The fourth-order valence-corrected chi connectivity index (χ4v) is 0.294. The molecule has 0 aromatic rings. The van der Waals surface area contributed by atoms with Gasteiger partial charge in [-0.1, -0.05) is 0 Å². The number of hydrogen-bond donors (Lipinski definition) is 1. The van der Waals surface area contributed by atoms with E-state index in [2.05, 4.69) is 0 Å². The van der Waals surface area contributed by atoms with Gasteiger partial charge in [0, 0.05) is 26.2 Å². The molecule has 0 unspecified atom stereocenters. The van der Waals surface area contributed by atoms with E-state index in [1.54, 1.807) is 0 Å². The summed E-state index contributed by atoms with van der Waals surface area (Å²) in [5.41, 5.74) is 0. The number of halogens is 1. The van der Waals surface area contributed by atoms with Crippen LogP contribution in [0.4, 0.5) is 0 Å². The molecule has 1 radical (unpaired) electrons. The molecule has 0 fully saturated rings. The monoisotopic (exact) mass is 329 g/mol. The van der Waals surface area contributed by atoms with Gasteiger partial charge in [-0.3, -0.25) is 4.79 Å². The molecule has 2 nitrogen and oxygen atoms in total. The Hall–Kier alpha value is 0.149. The number of carbonyl (C=O) groups is 1. The number of aliphatic hydroxyl groups excluding tert-OH is 1. The first kappa shape index (κ1) is 16.1. The largest absolute Gasteiger partial charge is 0.512 e. The van der Waals surface area contributed by atoms with E-state index in [1.807, 2.05) is 0 Å². The van der Waals surface area contributed by atoms with Crippen molar-refractivity contribution in [3.63, 3.8) is 0 Å². The fraction of sp³-hybridized carbons (Fsp3) is 0.400. The number of ketones is 1. The molecule has 0 heterocycles. The summed E-state index contributed by atoms with van der Waals surface area (Å²) in [6.45, 7) is 2.85. The van der Waals surface area contributed by atoms with E-state index in [4.69, 9.17) is 5.11 Å². The number of rotatable bonds is 1. The van der Waals surface area contributed by atoms with Crippen molar-refractivity contribution >= 4 is 18.2 Å². The minimum atomic E-state index is -0.125. The van der Waals surface area contributed by atoms with Gasteiger partial charge in [-0.05, 0) is 13.8 Å². The van der Waals surface area contributed by atoms with Gasteiger partial charge in [0.1, 0.15) is 0 Å². The van der Waals surface area contributed by atoms with Crippen molar-refractivity contribution in [3.05, 3.63) is 11.8 Å². The van der Waals surface area contributed by atoms with Crippen LogP contribution in [0.25, 0.3) is 0 Å². The first-order valence-corrected chi connectivity index (χ1v) is 2.01. The SMILES string of the molecule is CC(=O)/C=C(/C)O.Cl.[Ir]. The van der Waals surface area contributed by atoms with E-state index in [0.717, 1.165) is 0 Å². The molecule has 0 aromatic carbocycles. The van der Waals surface area contributed by atoms with Crippen LogP contribution in [0, 0.1) is 0 Å². The van der Waals surface area contributed by atoms with Crippen molar-refractivity contribution < 1.29 is 30.0 Å². The third-order valence-electron chi connectivity index (χ3n) is 0.412. The molecule has 0 rings (SSSR count). The van der Waals surface area contributed by atoms with Crippen molar-refractivity contribution in [3.8, 4) is 0 Å². The van der Waals surface area contributed by atoms with Crippen LogP contribution in [-0.2, 0) is 24.9 Å². The first-order valence-electron chi connectivity index (χ1n) is 2.01. The summed E-state index contributed by atoms with van der Waals surface area (Å²) in [6.07, 6.45) is 1.17. The molecule has 0 aliphatic carbocycles. The predicted octanol–water partition coefficient (Wildman–Crippen LogP) is 1.46. The van der Waals surface area contributed by atoms with Crippen molar-refractivity contribution in [2.45, 2.75) is 13.8 Å². The van der Waals surface area contributed by atoms with Crippen molar-refractivity contribution in [2.24, 2.45) is 0 Å². The Balaban J connectivity index is -0.000000180. The van der Waals surface area contributed by atoms with Gasteiger partial charge in [0.25, 0.3) is 0 Å². The summed E-state index contributed by atoms with van der Waals surface area (Å²) in [4.78, 5) is 10.0. The first-order chi connectivity index (χ1) is 3.13. The second-order valence-corrected chi connectivity index (χ2v) is 1.40. The smallest absolute Gasteiger partial charge is 0.155 e. The van der Waals surface area contributed by atoms with Crippen LogP contribution in [0.3, 0.4) is 0 Å². The minimum absolute atomic E-state index is 0. The minimum Gasteiger partial charge on any atom is -0.512 e. The van der Waals surface area contributed by atoms with E-state index in [0.29, 0.717) is 0 Å². The molecule has 4 heteroatoms. The van der Waals surface area contributed by atoms with Crippen molar-refractivity contribution in [1.29, 1.82) is 0 Å². The molecule has 0 saturated carbocycles. The van der Waals surface area contributed by atoms with Crippen LogP contribution in [0.2, 0.25) is 0 Å². The maximum absolute atomic E-state index is 10.0. The summed E-state index contributed by atoms with van der Waals surface area (Å²) in [5, 5.41) is 8.36. The summed E-state index contributed by atoms with van der Waals surface area (Å²) in [6, 6.07) is 0. The van der Waals surface area contributed by atoms with E-state index < -0.39 is 0 Å². The average Bonchev–Trinajstić information content (AvgIpc) is 1.27. The molecule has 0 spiro atoms. The third-order valence-corrected chi connectivity index (χ3v) is 0.412. The molecular formula is C5H9ClIrO2. The van der Waals surface area contributed by atoms with Crippen LogP contribution < -0.4 is 0 Å². The fourth-order valence-electron chi connectivity index (χ4n) is 0.294.